The summed E-state index contributed by atoms with van der Waals surface area (Å²) in [5.41, 5.74) is 4.51. The molecule has 0 radical (unpaired) electrons. The van der Waals surface area contributed by atoms with Crippen LogP contribution in [0.1, 0.15) is 24.0 Å². The van der Waals surface area contributed by atoms with E-state index < -0.39 is 24.6 Å². The van der Waals surface area contributed by atoms with Gasteiger partial charge in [0.1, 0.15) is 13.2 Å². The van der Waals surface area contributed by atoms with Gasteiger partial charge in [-0.3, -0.25) is 9.69 Å². The number of carbonyl (C=O) groups excluding carboxylic acids is 1. The number of ether oxygens (including phenoxy) is 2. The Labute approximate surface area is 158 Å². The molecule has 0 aromatic heterocycles. The largest absolute Gasteiger partial charge is 0.480 e. The van der Waals surface area contributed by atoms with Crippen molar-refractivity contribution >= 4 is 12.1 Å². The predicted octanol–water partition coefficient (Wildman–Crippen LogP) is 3.36. The summed E-state index contributed by atoms with van der Waals surface area (Å²) in [7, 11) is 1.51. The minimum absolute atomic E-state index is 0.0641. The van der Waals surface area contributed by atoms with Crippen LogP contribution >= 0.6 is 0 Å². The fourth-order valence-corrected chi connectivity index (χ4v) is 3.55. The van der Waals surface area contributed by atoms with Crippen LogP contribution in [-0.2, 0) is 14.3 Å². The lowest BCUT2D eigenvalue weighted by Gasteiger charge is -2.27. The summed E-state index contributed by atoms with van der Waals surface area (Å²) in [6.07, 6.45) is -0.649. The molecule has 1 amide bonds. The van der Waals surface area contributed by atoms with E-state index >= 15 is 0 Å². The molecule has 142 valence electrons. The second kappa shape index (κ2) is 8.22. The monoisotopic (exact) mass is 369 g/mol. The molecular weight excluding hydrogens is 346 g/mol. The zero-order valence-electron chi connectivity index (χ0n) is 15.4. The van der Waals surface area contributed by atoms with Crippen molar-refractivity contribution < 1.29 is 24.2 Å². The van der Waals surface area contributed by atoms with E-state index in [0.29, 0.717) is 0 Å². The molecular formula is C21H23NO5. The van der Waals surface area contributed by atoms with Crippen LogP contribution in [0.5, 0.6) is 0 Å². The molecule has 0 spiro atoms. The van der Waals surface area contributed by atoms with Gasteiger partial charge >= 0.3 is 12.1 Å². The molecule has 2 aromatic rings. The van der Waals surface area contributed by atoms with Gasteiger partial charge in [0.05, 0.1) is 12.6 Å². The number of fused-ring (bicyclic) bond motifs is 3. The fourth-order valence-electron chi connectivity index (χ4n) is 3.55. The molecule has 3 rings (SSSR count). The number of carbonyl (C=O) groups is 2. The number of carboxylic acids is 1. The lowest BCUT2D eigenvalue weighted by atomic mass is 9.98. The molecule has 1 atom stereocenters. The summed E-state index contributed by atoms with van der Waals surface area (Å²) in [6, 6.07) is 15.7. The Morgan fingerprint density at radius 2 is 1.63 bits per heavy atom. The first-order valence-corrected chi connectivity index (χ1v) is 8.85. The average Bonchev–Trinajstić information content (AvgIpc) is 2.98. The lowest BCUT2D eigenvalue weighted by Crippen LogP contribution is -2.44. The molecule has 27 heavy (non-hydrogen) atoms. The van der Waals surface area contributed by atoms with Crippen molar-refractivity contribution in [1.29, 1.82) is 0 Å². The molecule has 0 fully saturated rings. The van der Waals surface area contributed by atoms with Crippen LogP contribution in [0.25, 0.3) is 11.1 Å². The Hall–Kier alpha value is -2.86. The summed E-state index contributed by atoms with van der Waals surface area (Å²) in [5, 5.41) is 9.10. The van der Waals surface area contributed by atoms with E-state index in [0.717, 1.165) is 22.3 Å². The van der Waals surface area contributed by atoms with Crippen molar-refractivity contribution in [1.82, 2.24) is 4.90 Å². The average molecular weight is 369 g/mol. The van der Waals surface area contributed by atoms with Gasteiger partial charge in [-0.15, -0.1) is 0 Å². The third-order valence-corrected chi connectivity index (χ3v) is 4.82. The van der Waals surface area contributed by atoms with Crippen LogP contribution in [0.4, 0.5) is 4.79 Å². The van der Waals surface area contributed by atoms with E-state index in [1.165, 1.54) is 12.0 Å². The van der Waals surface area contributed by atoms with Gasteiger partial charge in [-0.1, -0.05) is 48.5 Å². The third-order valence-electron chi connectivity index (χ3n) is 4.82. The topological polar surface area (TPSA) is 76.1 Å². The molecule has 0 saturated heterocycles. The van der Waals surface area contributed by atoms with Crippen LogP contribution < -0.4 is 0 Å². The highest BCUT2D eigenvalue weighted by atomic mass is 16.6. The Balaban J connectivity index is 1.77. The molecule has 0 saturated carbocycles. The maximum Gasteiger partial charge on any atom is 0.410 e. The summed E-state index contributed by atoms with van der Waals surface area (Å²) in [6.45, 7) is 1.69. The molecule has 6 heteroatoms. The van der Waals surface area contributed by atoms with Gasteiger partial charge in [0.25, 0.3) is 0 Å². The molecule has 6 nitrogen and oxygen atoms in total. The van der Waals surface area contributed by atoms with Crippen molar-refractivity contribution in [2.45, 2.75) is 18.9 Å². The Morgan fingerprint density at radius 3 is 2.15 bits per heavy atom. The van der Waals surface area contributed by atoms with Gasteiger partial charge in [-0.05, 0) is 29.2 Å². The lowest BCUT2D eigenvalue weighted by molar-refractivity contribution is -0.138. The van der Waals surface area contributed by atoms with Crippen molar-refractivity contribution in [3.05, 3.63) is 59.7 Å². The van der Waals surface area contributed by atoms with Crippen molar-refractivity contribution in [3.8, 4) is 11.1 Å². The van der Waals surface area contributed by atoms with Crippen molar-refractivity contribution in [3.63, 3.8) is 0 Å². The number of hydrogen-bond donors (Lipinski definition) is 1. The van der Waals surface area contributed by atoms with Crippen LogP contribution in [0.2, 0.25) is 0 Å². The maximum absolute atomic E-state index is 12.6. The Morgan fingerprint density at radius 1 is 1.07 bits per heavy atom. The molecule has 1 unspecified atom stereocenters. The van der Waals surface area contributed by atoms with Crippen molar-refractivity contribution in [2.75, 3.05) is 26.9 Å². The molecule has 1 N–H and O–H groups in total. The first-order chi connectivity index (χ1) is 13.0. The zero-order valence-corrected chi connectivity index (χ0v) is 15.4. The SMILES string of the molecule is COCC(C)N(CC(=O)O)C(=O)OCC1c2ccccc2-c2ccccc21. The fraction of sp³-hybridized carbons (Fsp3) is 0.333. The maximum atomic E-state index is 12.6. The number of rotatable bonds is 7. The predicted molar refractivity (Wildman–Crippen MR) is 101 cm³/mol. The summed E-state index contributed by atoms with van der Waals surface area (Å²) in [5.74, 6) is -1.16. The van der Waals surface area contributed by atoms with Crippen LogP contribution in [-0.4, -0.2) is 55.0 Å². The van der Waals surface area contributed by atoms with Gasteiger partial charge in [-0.25, -0.2) is 4.79 Å². The molecule has 0 heterocycles. The summed E-state index contributed by atoms with van der Waals surface area (Å²) < 4.78 is 10.6. The smallest absolute Gasteiger partial charge is 0.410 e. The molecule has 1 aliphatic carbocycles. The Kier molecular flexibility index (Phi) is 5.76. The highest BCUT2D eigenvalue weighted by Crippen LogP contribution is 2.44. The highest BCUT2D eigenvalue weighted by molar-refractivity contribution is 5.79. The van der Waals surface area contributed by atoms with E-state index in [2.05, 4.69) is 12.1 Å². The second-order valence-electron chi connectivity index (χ2n) is 6.63. The van der Waals surface area contributed by atoms with E-state index in [1.54, 1.807) is 6.92 Å². The number of methoxy groups -OCH3 is 1. The van der Waals surface area contributed by atoms with E-state index in [1.807, 2.05) is 36.4 Å². The number of amides is 1. The number of nitrogens with zero attached hydrogens (tertiary/aromatic N) is 1. The summed E-state index contributed by atoms with van der Waals surface area (Å²) in [4.78, 5) is 24.9. The number of benzene rings is 2. The van der Waals surface area contributed by atoms with Gasteiger partial charge < -0.3 is 14.6 Å². The first kappa shape index (κ1) is 18.9. The Bertz CT molecular complexity index is 789. The molecule has 2 aromatic carbocycles. The minimum atomic E-state index is -1.09. The van der Waals surface area contributed by atoms with Gasteiger partial charge in [0, 0.05) is 13.0 Å². The van der Waals surface area contributed by atoms with Gasteiger partial charge in [0.2, 0.25) is 0 Å². The molecule has 1 aliphatic rings. The minimum Gasteiger partial charge on any atom is -0.480 e. The zero-order chi connectivity index (χ0) is 19.4. The number of aliphatic carboxylic acids is 1. The van der Waals surface area contributed by atoms with Gasteiger partial charge in [0.15, 0.2) is 0 Å². The summed E-state index contributed by atoms with van der Waals surface area (Å²) >= 11 is 0. The van der Waals surface area contributed by atoms with Gasteiger partial charge in [-0.2, -0.15) is 0 Å². The molecule has 0 aliphatic heterocycles. The van der Waals surface area contributed by atoms with Crippen LogP contribution in [0.3, 0.4) is 0 Å². The van der Waals surface area contributed by atoms with Crippen LogP contribution in [0.15, 0.2) is 48.5 Å². The van der Waals surface area contributed by atoms with Crippen LogP contribution in [0, 0.1) is 0 Å². The van der Waals surface area contributed by atoms with E-state index in [-0.39, 0.29) is 19.1 Å². The number of carboxylic acid groups (broad SMARTS) is 1. The normalized spacial score (nSPS) is 13.6. The molecule has 0 bridgehead atoms. The first-order valence-electron chi connectivity index (χ1n) is 8.85. The quantitative estimate of drug-likeness (QED) is 0.810. The number of hydrogen-bond acceptors (Lipinski definition) is 4. The van der Waals surface area contributed by atoms with E-state index in [9.17, 15) is 9.59 Å². The standard InChI is InChI=1S/C21H23NO5/c1-14(12-26-2)22(11-20(23)24)21(25)27-13-19-17-9-5-3-7-15(17)16-8-4-6-10-18(16)19/h3-10,14,19H,11-13H2,1-2H3,(H,23,24). The van der Waals surface area contributed by atoms with E-state index in [4.69, 9.17) is 14.6 Å². The van der Waals surface area contributed by atoms with Crippen molar-refractivity contribution in [2.24, 2.45) is 0 Å². The second-order valence-corrected chi connectivity index (χ2v) is 6.63. The highest BCUT2D eigenvalue weighted by Gasteiger charge is 2.31. The third kappa shape index (κ3) is 3.95.